The number of methoxy groups -OCH3 is 1. The highest BCUT2D eigenvalue weighted by Gasteiger charge is 2.26. The molecule has 0 amide bonds. The fourth-order valence-electron chi connectivity index (χ4n) is 3.90. The van der Waals surface area contributed by atoms with Gasteiger partial charge in [-0.15, -0.1) is 0 Å². The summed E-state index contributed by atoms with van der Waals surface area (Å²) in [6.45, 7) is 10.6. The first-order valence-electron chi connectivity index (χ1n) is 10.2. The second-order valence-corrected chi connectivity index (χ2v) is 7.89. The number of nitrogens with zero attached hydrogens (tertiary/aromatic N) is 4. The third-order valence-corrected chi connectivity index (χ3v) is 5.53. The van der Waals surface area contributed by atoms with Crippen molar-refractivity contribution in [2.24, 2.45) is 0 Å². The molecule has 2 aliphatic heterocycles. The van der Waals surface area contributed by atoms with E-state index in [2.05, 4.69) is 35.8 Å². The molecule has 0 spiro atoms. The zero-order chi connectivity index (χ0) is 19.5. The van der Waals surface area contributed by atoms with Crippen molar-refractivity contribution in [2.45, 2.75) is 39.3 Å². The van der Waals surface area contributed by atoms with Crippen LogP contribution >= 0.6 is 0 Å². The maximum atomic E-state index is 5.54. The normalized spacial score (nSPS) is 17.6. The van der Waals surface area contributed by atoms with Gasteiger partial charge in [-0.3, -0.25) is 4.90 Å². The maximum absolute atomic E-state index is 5.54. The lowest BCUT2D eigenvalue weighted by molar-refractivity contribution is 0.122. The fraction of sp³-hybridized carbons (Fsp3) is 0.545. The number of benzene rings is 1. The number of morpholine rings is 1. The van der Waals surface area contributed by atoms with E-state index in [1.54, 1.807) is 7.11 Å². The minimum absolute atomic E-state index is 0.321. The van der Waals surface area contributed by atoms with Crippen LogP contribution in [0.15, 0.2) is 24.3 Å². The molecule has 1 aromatic carbocycles. The molecule has 1 saturated heterocycles. The van der Waals surface area contributed by atoms with Gasteiger partial charge < -0.3 is 14.4 Å². The lowest BCUT2D eigenvalue weighted by Crippen LogP contribution is -2.39. The monoisotopic (exact) mass is 382 g/mol. The summed E-state index contributed by atoms with van der Waals surface area (Å²) < 4.78 is 10.8. The Labute approximate surface area is 167 Å². The number of fused-ring (bicyclic) bond motifs is 1. The van der Waals surface area contributed by atoms with Crippen molar-refractivity contribution in [1.29, 1.82) is 0 Å². The van der Waals surface area contributed by atoms with E-state index in [9.17, 15) is 0 Å². The first-order valence-corrected chi connectivity index (χ1v) is 10.2. The van der Waals surface area contributed by atoms with Crippen LogP contribution in [0.3, 0.4) is 0 Å². The molecule has 2 aliphatic rings. The Morgan fingerprint density at radius 2 is 1.82 bits per heavy atom. The van der Waals surface area contributed by atoms with Gasteiger partial charge in [0.2, 0.25) is 0 Å². The van der Waals surface area contributed by atoms with Gasteiger partial charge in [-0.1, -0.05) is 26.0 Å². The Kier molecular flexibility index (Phi) is 5.78. The highest BCUT2D eigenvalue weighted by molar-refractivity contribution is 5.51. The Morgan fingerprint density at radius 1 is 1.07 bits per heavy atom. The average molecular weight is 383 g/mol. The quantitative estimate of drug-likeness (QED) is 0.792. The van der Waals surface area contributed by atoms with E-state index in [1.165, 1.54) is 16.8 Å². The van der Waals surface area contributed by atoms with Crippen molar-refractivity contribution in [1.82, 2.24) is 14.9 Å². The Bertz CT molecular complexity index is 801. The van der Waals surface area contributed by atoms with E-state index in [1.807, 2.05) is 12.1 Å². The molecule has 0 radical (unpaired) electrons. The fourth-order valence-corrected chi connectivity index (χ4v) is 3.90. The zero-order valence-corrected chi connectivity index (χ0v) is 17.1. The summed E-state index contributed by atoms with van der Waals surface area (Å²) in [6.07, 6.45) is 0.997. The lowest BCUT2D eigenvalue weighted by atomic mass is 10.0. The van der Waals surface area contributed by atoms with Gasteiger partial charge in [-0.25, -0.2) is 9.97 Å². The van der Waals surface area contributed by atoms with Crippen molar-refractivity contribution < 1.29 is 9.47 Å². The van der Waals surface area contributed by atoms with Gasteiger partial charge in [0.05, 0.1) is 26.0 Å². The molecule has 28 heavy (non-hydrogen) atoms. The van der Waals surface area contributed by atoms with Crippen LogP contribution in [0.4, 0.5) is 5.82 Å². The van der Waals surface area contributed by atoms with E-state index in [4.69, 9.17) is 19.4 Å². The van der Waals surface area contributed by atoms with Crippen molar-refractivity contribution >= 4 is 5.82 Å². The Morgan fingerprint density at radius 3 is 2.50 bits per heavy atom. The molecule has 0 N–H and O–H groups in total. The molecule has 3 heterocycles. The van der Waals surface area contributed by atoms with Gasteiger partial charge in [0.25, 0.3) is 0 Å². The predicted molar refractivity (Wildman–Crippen MR) is 110 cm³/mol. The van der Waals surface area contributed by atoms with Crippen LogP contribution in [0.25, 0.3) is 0 Å². The van der Waals surface area contributed by atoms with Gasteiger partial charge >= 0.3 is 0 Å². The number of rotatable bonds is 5. The second-order valence-electron chi connectivity index (χ2n) is 7.89. The summed E-state index contributed by atoms with van der Waals surface area (Å²) in [6, 6.07) is 8.35. The summed E-state index contributed by atoms with van der Waals surface area (Å²) in [5.74, 6) is 3.31. The van der Waals surface area contributed by atoms with Crippen LogP contribution in [0.1, 0.15) is 42.4 Å². The molecule has 0 atom stereocenters. The highest BCUT2D eigenvalue weighted by Crippen LogP contribution is 2.29. The van der Waals surface area contributed by atoms with Crippen LogP contribution in [0, 0.1) is 0 Å². The summed E-state index contributed by atoms with van der Waals surface area (Å²) in [4.78, 5) is 14.8. The predicted octanol–water partition coefficient (Wildman–Crippen LogP) is 3.00. The lowest BCUT2D eigenvalue weighted by Gasteiger charge is -2.34. The number of hydrogen-bond donors (Lipinski definition) is 0. The molecular weight excluding hydrogens is 352 g/mol. The van der Waals surface area contributed by atoms with Crippen LogP contribution in [-0.4, -0.2) is 54.8 Å². The number of anilines is 1. The SMILES string of the molecule is COc1ccc(CN2CCc3c(nc(C(C)C)nc3N3CCOCC3)C2)cc1. The third-order valence-electron chi connectivity index (χ3n) is 5.53. The van der Waals surface area contributed by atoms with Gasteiger partial charge in [0, 0.05) is 44.2 Å². The molecule has 0 saturated carbocycles. The number of ether oxygens (including phenoxy) is 2. The smallest absolute Gasteiger partial charge is 0.136 e. The molecule has 0 aliphatic carbocycles. The minimum atomic E-state index is 0.321. The molecule has 0 unspecified atom stereocenters. The Hall–Kier alpha value is -2.18. The summed E-state index contributed by atoms with van der Waals surface area (Å²) in [7, 11) is 1.70. The van der Waals surface area contributed by atoms with E-state index >= 15 is 0 Å². The zero-order valence-electron chi connectivity index (χ0n) is 17.1. The molecule has 0 bridgehead atoms. The van der Waals surface area contributed by atoms with E-state index in [-0.39, 0.29) is 0 Å². The van der Waals surface area contributed by atoms with Crippen molar-refractivity contribution in [3.8, 4) is 5.75 Å². The van der Waals surface area contributed by atoms with Gasteiger partial charge in [-0.05, 0) is 24.1 Å². The summed E-state index contributed by atoms with van der Waals surface area (Å²) in [5, 5.41) is 0. The molecule has 150 valence electrons. The van der Waals surface area contributed by atoms with Gasteiger partial charge in [0.1, 0.15) is 17.4 Å². The van der Waals surface area contributed by atoms with Crippen molar-refractivity contribution in [3.05, 3.63) is 46.9 Å². The average Bonchev–Trinajstić information content (AvgIpc) is 2.74. The van der Waals surface area contributed by atoms with E-state index in [0.29, 0.717) is 5.92 Å². The summed E-state index contributed by atoms with van der Waals surface area (Å²) >= 11 is 0. The Balaban J connectivity index is 1.57. The third kappa shape index (κ3) is 4.13. The molecule has 2 aromatic rings. The standard InChI is InChI=1S/C22H30N4O2/c1-16(2)21-23-20-15-25(14-17-4-6-18(27-3)7-5-17)9-8-19(20)22(24-21)26-10-12-28-13-11-26/h4-7,16H,8-15H2,1-3H3. The largest absolute Gasteiger partial charge is 0.497 e. The second kappa shape index (κ2) is 8.45. The van der Waals surface area contributed by atoms with Crippen LogP contribution in [0.2, 0.25) is 0 Å². The molecular formula is C22H30N4O2. The highest BCUT2D eigenvalue weighted by atomic mass is 16.5. The molecule has 4 rings (SSSR count). The number of hydrogen-bond acceptors (Lipinski definition) is 6. The van der Waals surface area contributed by atoms with Gasteiger partial charge in [-0.2, -0.15) is 0 Å². The van der Waals surface area contributed by atoms with Gasteiger partial charge in [0.15, 0.2) is 0 Å². The molecule has 6 nitrogen and oxygen atoms in total. The van der Waals surface area contributed by atoms with E-state index in [0.717, 1.165) is 69.8 Å². The van der Waals surface area contributed by atoms with Crippen LogP contribution in [-0.2, 0) is 24.2 Å². The number of aromatic nitrogens is 2. The summed E-state index contributed by atoms with van der Waals surface area (Å²) in [5.41, 5.74) is 3.83. The van der Waals surface area contributed by atoms with Crippen molar-refractivity contribution in [3.63, 3.8) is 0 Å². The molecule has 1 aromatic heterocycles. The molecule has 1 fully saturated rings. The van der Waals surface area contributed by atoms with Crippen LogP contribution in [0.5, 0.6) is 5.75 Å². The topological polar surface area (TPSA) is 50.7 Å². The minimum Gasteiger partial charge on any atom is -0.497 e. The first kappa shape index (κ1) is 19.2. The van der Waals surface area contributed by atoms with Crippen molar-refractivity contribution in [2.75, 3.05) is 44.9 Å². The molecule has 6 heteroatoms. The van der Waals surface area contributed by atoms with E-state index < -0.39 is 0 Å². The maximum Gasteiger partial charge on any atom is 0.136 e. The van der Waals surface area contributed by atoms with Crippen LogP contribution < -0.4 is 9.64 Å². The first-order chi connectivity index (χ1) is 13.6.